The lowest BCUT2D eigenvalue weighted by Crippen LogP contribution is -2.41. The highest BCUT2D eigenvalue weighted by molar-refractivity contribution is 14.0. The van der Waals surface area contributed by atoms with Crippen molar-refractivity contribution in [2.24, 2.45) is 4.99 Å². The number of nitrogens with zero attached hydrogens (tertiary/aromatic N) is 1. The highest BCUT2D eigenvalue weighted by atomic mass is 127. The van der Waals surface area contributed by atoms with Gasteiger partial charge < -0.3 is 10.6 Å². The molecule has 0 aliphatic heterocycles. The van der Waals surface area contributed by atoms with Crippen LogP contribution in [0.5, 0.6) is 0 Å². The van der Waals surface area contributed by atoms with E-state index in [2.05, 4.69) is 39.6 Å². The molecule has 3 rings (SSSR count). The van der Waals surface area contributed by atoms with Crippen LogP contribution in [0.4, 0.5) is 0 Å². The molecule has 0 atom stereocenters. The lowest BCUT2D eigenvalue weighted by molar-refractivity contribution is 0.569. The van der Waals surface area contributed by atoms with Crippen molar-refractivity contribution in [1.29, 1.82) is 0 Å². The second-order valence-corrected chi connectivity index (χ2v) is 10.2. The van der Waals surface area contributed by atoms with Crippen LogP contribution in [-0.2, 0) is 27.7 Å². The Morgan fingerprint density at radius 1 is 1.00 bits per heavy atom. The van der Waals surface area contributed by atoms with E-state index in [1.807, 2.05) is 51.1 Å². The molecular formula is C24H35IN4O2S. The maximum absolute atomic E-state index is 12.4. The van der Waals surface area contributed by atoms with Gasteiger partial charge in [0.25, 0.3) is 0 Å². The first-order chi connectivity index (χ1) is 14.8. The third-order valence-electron chi connectivity index (χ3n) is 5.46. The molecule has 0 radical (unpaired) electrons. The van der Waals surface area contributed by atoms with Crippen LogP contribution in [0.3, 0.4) is 0 Å². The molecule has 176 valence electrons. The Balaban J connectivity index is 0.00000363. The van der Waals surface area contributed by atoms with Crippen molar-refractivity contribution in [1.82, 2.24) is 15.4 Å². The van der Waals surface area contributed by atoms with Gasteiger partial charge in [-0.15, -0.1) is 24.0 Å². The smallest absolute Gasteiger partial charge is 0.216 e. The van der Waals surface area contributed by atoms with Crippen molar-refractivity contribution in [3.05, 3.63) is 71.3 Å². The molecule has 3 N–H and O–H groups in total. The maximum atomic E-state index is 12.4. The number of guanidine groups is 1. The Bertz CT molecular complexity index is 990. The van der Waals surface area contributed by atoms with Gasteiger partial charge in [0.1, 0.15) is 0 Å². The van der Waals surface area contributed by atoms with Crippen molar-refractivity contribution in [3.8, 4) is 0 Å². The number of sulfonamides is 1. The molecule has 32 heavy (non-hydrogen) atoms. The minimum absolute atomic E-state index is 0. The molecule has 1 fully saturated rings. The molecule has 1 aliphatic rings. The van der Waals surface area contributed by atoms with Crippen molar-refractivity contribution >= 4 is 40.0 Å². The third-order valence-corrected chi connectivity index (χ3v) is 6.99. The number of hydrogen-bond donors (Lipinski definition) is 3. The average Bonchev–Trinajstić information content (AvgIpc) is 3.52. The fraction of sp³-hybridized carbons (Fsp3) is 0.458. The summed E-state index contributed by atoms with van der Waals surface area (Å²) >= 11 is 0. The summed E-state index contributed by atoms with van der Waals surface area (Å²) in [5.41, 5.74) is 3.24. The quantitative estimate of drug-likeness (QED) is 0.230. The van der Waals surface area contributed by atoms with E-state index in [0.29, 0.717) is 6.54 Å². The lowest BCUT2D eigenvalue weighted by atomic mass is 9.96. The van der Waals surface area contributed by atoms with E-state index in [4.69, 9.17) is 4.99 Å². The Labute approximate surface area is 209 Å². The minimum atomic E-state index is -3.39. The first-order valence-electron chi connectivity index (χ1n) is 11.0. The molecule has 1 saturated carbocycles. The number of hydrogen-bond acceptors (Lipinski definition) is 3. The Morgan fingerprint density at radius 2 is 1.62 bits per heavy atom. The van der Waals surface area contributed by atoms with Crippen LogP contribution in [0, 0.1) is 0 Å². The average molecular weight is 571 g/mol. The Hall–Kier alpha value is -1.65. The monoisotopic (exact) mass is 570 g/mol. The maximum Gasteiger partial charge on any atom is 0.216 e. The number of rotatable bonds is 10. The summed E-state index contributed by atoms with van der Waals surface area (Å²) in [4.78, 5) is 4.74. The molecule has 2 aromatic carbocycles. The van der Waals surface area contributed by atoms with Gasteiger partial charge in [0.05, 0.1) is 12.3 Å². The van der Waals surface area contributed by atoms with E-state index in [0.717, 1.165) is 30.2 Å². The first kappa shape index (κ1) is 26.6. The van der Waals surface area contributed by atoms with Crippen LogP contribution in [-0.4, -0.2) is 33.5 Å². The lowest BCUT2D eigenvalue weighted by Gasteiger charge is -2.19. The van der Waals surface area contributed by atoms with Crippen LogP contribution in [0.25, 0.3) is 0 Å². The van der Waals surface area contributed by atoms with E-state index >= 15 is 0 Å². The second-order valence-electron chi connectivity index (χ2n) is 8.50. The van der Waals surface area contributed by atoms with Gasteiger partial charge in [0, 0.05) is 24.5 Å². The molecule has 8 heteroatoms. The van der Waals surface area contributed by atoms with Crippen LogP contribution < -0.4 is 15.4 Å². The van der Waals surface area contributed by atoms with Crippen molar-refractivity contribution in [3.63, 3.8) is 0 Å². The molecule has 0 heterocycles. The van der Waals surface area contributed by atoms with Gasteiger partial charge in [-0.2, -0.15) is 0 Å². The Kier molecular flexibility index (Phi) is 9.97. The summed E-state index contributed by atoms with van der Waals surface area (Å²) in [5.74, 6) is 0.709. The van der Waals surface area contributed by atoms with Gasteiger partial charge in [-0.05, 0) is 50.3 Å². The van der Waals surface area contributed by atoms with E-state index in [1.54, 1.807) is 0 Å². The largest absolute Gasteiger partial charge is 0.357 e. The van der Waals surface area contributed by atoms with Gasteiger partial charge in [-0.3, -0.25) is 0 Å². The summed E-state index contributed by atoms with van der Waals surface area (Å²) in [6.45, 7) is 7.70. The summed E-state index contributed by atoms with van der Waals surface area (Å²) in [6.07, 6.45) is 2.35. The topological polar surface area (TPSA) is 82.6 Å². The van der Waals surface area contributed by atoms with Gasteiger partial charge >= 0.3 is 0 Å². The fourth-order valence-electron chi connectivity index (χ4n) is 3.73. The van der Waals surface area contributed by atoms with Crippen LogP contribution >= 0.6 is 24.0 Å². The zero-order valence-corrected chi connectivity index (χ0v) is 22.2. The summed E-state index contributed by atoms with van der Waals surface area (Å²) < 4.78 is 27.4. The molecular weight excluding hydrogens is 535 g/mol. The normalized spacial score (nSPS) is 15.2. The molecule has 6 nitrogen and oxygen atoms in total. The van der Waals surface area contributed by atoms with Gasteiger partial charge in [-0.25, -0.2) is 18.1 Å². The molecule has 2 aromatic rings. The summed E-state index contributed by atoms with van der Waals surface area (Å²) in [5, 5.41) is 6.80. The second kappa shape index (κ2) is 12.0. The minimum Gasteiger partial charge on any atom is -0.357 e. The van der Waals surface area contributed by atoms with Crippen molar-refractivity contribution < 1.29 is 8.42 Å². The van der Waals surface area contributed by atoms with E-state index < -0.39 is 10.0 Å². The predicted octanol–water partition coefficient (Wildman–Crippen LogP) is 3.92. The number of nitrogens with one attached hydrogen (secondary N) is 3. The predicted molar refractivity (Wildman–Crippen MR) is 143 cm³/mol. The summed E-state index contributed by atoms with van der Waals surface area (Å²) in [7, 11) is -3.39. The molecule has 0 amide bonds. The van der Waals surface area contributed by atoms with E-state index in [-0.39, 0.29) is 41.2 Å². The summed E-state index contributed by atoms with van der Waals surface area (Å²) in [6, 6.07) is 18.1. The van der Waals surface area contributed by atoms with E-state index in [1.165, 1.54) is 18.4 Å². The number of halogens is 1. The zero-order chi connectivity index (χ0) is 22.3. The SMILES string of the molecule is CCNC(=NCc1ccccc1CS(=O)(=O)NC(C)C)NCC1(c2ccccc2)CC1.I. The number of benzene rings is 2. The van der Waals surface area contributed by atoms with Crippen LogP contribution in [0.15, 0.2) is 59.6 Å². The highest BCUT2D eigenvalue weighted by Crippen LogP contribution is 2.47. The van der Waals surface area contributed by atoms with Gasteiger partial charge in [0.2, 0.25) is 10.0 Å². The Morgan fingerprint density at radius 3 is 2.22 bits per heavy atom. The van der Waals surface area contributed by atoms with Crippen molar-refractivity contribution in [2.45, 2.75) is 57.4 Å². The molecule has 0 spiro atoms. The zero-order valence-electron chi connectivity index (χ0n) is 19.1. The van der Waals surface area contributed by atoms with Crippen LogP contribution in [0.1, 0.15) is 50.3 Å². The van der Waals surface area contributed by atoms with E-state index in [9.17, 15) is 8.42 Å². The van der Waals surface area contributed by atoms with Gasteiger partial charge in [-0.1, -0.05) is 54.6 Å². The molecule has 0 unspecified atom stereocenters. The standard InChI is InChI=1S/C24H34N4O2S.HI/c1-4-25-23(27-18-24(14-15-24)22-12-6-5-7-13-22)26-16-20-10-8-9-11-21(20)17-31(29,30)28-19(2)3;/h5-13,19,28H,4,14-18H2,1-3H3,(H2,25,26,27);1H. The molecule has 0 bridgehead atoms. The first-order valence-corrected chi connectivity index (χ1v) is 12.6. The van der Waals surface area contributed by atoms with Crippen molar-refractivity contribution in [2.75, 3.05) is 13.1 Å². The molecule has 0 aromatic heterocycles. The van der Waals surface area contributed by atoms with Gasteiger partial charge in [0.15, 0.2) is 5.96 Å². The number of aliphatic imine (C=N–C) groups is 1. The molecule has 1 aliphatic carbocycles. The highest BCUT2D eigenvalue weighted by Gasteiger charge is 2.44. The molecule has 0 saturated heterocycles. The van der Waals surface area contributed by atoms with Crippen LogP contribution in [0.2, 0.25) is 0 Å². The third kappa shape index (κ3) is 7.74. The fourth-order valence-corrected chi connectivity index (χ4v) is 5.22.